The molecule has 0 amide bonds. The van der Waals surface area contributed by atoms with E-state index in [1.54, 1.807) is 12.3 Å². The lowest BCUT2D eigenvalue weighted by Crippen LogP contribution is -2.26. The summed E-state index contributed by atoms with van der Waals surface area (Å²) in [4.78, 5) is 3.99. The highest BCUT2D eigenvalue weighted by Gasteiger charge is 2.23. The van der Waals surface area contributed by atoms with Gasteiger partial charge in [0.05, 0.1) is 6.04 Å². The van der Waals surface area contributed by atoms with Gasteiger partial charge in [0, 0.05) is 29.2 Å². The number of pyridine rings is 1. The minimum absolute atomic E-state index is 0.0272. The number of nitrogen functional groups attached to an aromatic ring is 1. The summed E-state index contributed by atoms with van der Waals surface area (Å²) in [5.74, 6) is -1.19. The second-order valence-electron chi connectivity index (χ2n) is 4.53. The highest BCUT2D eigenvalue weighted by molar-refractivity contribution is 5.50. The molecule has 1 unspecified atom stereocenters. The van der Waals surface area contributed by atoms with Crippen LogP contribution < -0.4 is 11.1 Å². The van der Waals surface area contributed by atoms with Crippen LogP contribution in [0.15, 0.2) is 36.7 Å². The van der Waals surface area contributed by atoms with Crippen molar-refractivity contribution in [3.8, 4) is 0 Å². The van der Waals surface area contributed by atoms with Gasteiger partial charge in [0.2, 0.25) is 0 Å². The second-order valence-corrected chi connectivity index (χ2v) is 4.53. The SMILES string of the molecule is CCCNC(c1cnccc1N)c1c(F)cccc1F. The number of nitrogens with one attached hydrogen (secondary N) is 1. The molecule has 0 aliphatic rings. The molecule has 0 saturated carbocycles. The number of hydrogen-bond acceptors (Lipinski definition) is 3. The Morgan fingerprint density at radius 3 is 2.55 bits per heavy atom. The summed E-state index contributed by atoms with van der Waals surface area (Å²) in [6, 6.07) is 4.80. The van der Waals surface area contributed by atoms with Crippen molar-refractivity contribution in [3.05, 3.63) is 59.4 Å². The van der Waals surface area contributed by atoms with Gasteiger partial charge in [0.15, 0.2) is 0 Å². The average molecular weight is 277 g/mol. The van der Waals surface area contributed by atoms with Gasteiger partial charge in [-0.25, -0.2) is 8.78 Å². The number of halogens is 2. The van der Waals surface area contributed by atoms with Crippen LogP contribution in [-0.2, 0) is 0 Å². The molecular weight excluding hydrogens is 260 g/mol. The molecule has 0 aliphatic carbocycles. The minimum atomic E-state index is -0.648. The highest BCUT2D eigenvalue weighted by atomic mass is 19.1. The standard InChI is InChI=1S/C15H17F2N3/c1-2-7-20-15(10-9-19-8-6-13(10)18)14-11(16)4-3-5-12(14)17/h3-6,8-9,15,20H,2,7H2,1H3,(H2,18,19). The van der Waals surface area contributed by atoms with E-state index in [-0.39, 0.29) is 5.56 Å². The molecule has 2 rings (SSSR count). The van der Waals surface area contributed by atoms with Gasteiger partial charge in [-0.15, -0.1) is 0 Å². The fraction of sp³-hybridized carbons (Fsp3) is 0.267. The van der Waals surface area contributed by atoms with Crippen LogP contribution in [0.4, 0.5) is 14.5 Å². The van der Waals surface area contributed by atoms with E-state index in [0.717, 1.165) is 6.42 Å². The number of hydrogen-bond donors (Lipinski definition) is 2. The van der Waals surface area contributed by atoms with Crippen LogP contribution in [0, 0.1) is 11.6 Å². The van der Waals surface area contributed by atoms with Crippen LogP contribution >= 0.6 is 0 Å². The molecule has 0 fully saturated rings. The Hall–Kier alpha value is -2.01. The third kappa shape index (κ3) is 2.93. The first-order chi connectivity index (χ1) is 9.65. The van der Waals surface area contributed by atoms with Crippen LogP contribution in [0.25, 0.3) is 0 Å². The zero-order valence-corrected chi connectivity index (χ0v) is 11.2. The Morgan fingerprint density at radius 2 is 1.95 bits per heavy atom. The summed E-state index contributed by atoms with van der Waals surface area (Å²) in [7, 11) is 0. The summed E-state index contributed by atoms with van der Waals surface area (Å²) >= 11 is 0. The smallest absolute Gasteiger partial charge is 0.131 e. The molecule has 5 heteroatoms. The third-order valence-corrected chi connectivity index (χ3v) is 3.08. The Labute approximate surface area is 116 Å². The Morgan fingerprint density at radius 1 is 1.25 bits per heavy atom. The second kappa shape index (κ2) is 6.43. The van der Waals surface area contributed by atoms with Crippen molar-refractivity contribution in [2.75, 3.05) is 12.3 Å². The molecule has 2 aromatic rings. The summed E-state index contributed by atoms with van der Waals surface area (Å²) in [6.07, 6.45) is 3.93. The maximum atomic E-state index is 14.0. The average Bonchev–Trinajstić information content (AvgIpc) is 2.43. The van der Waals surface area contributed by atoms with Gasteiger partial charge in [-0.3, -0.25) is 4.98 Å². The van der Waals surface area contributed by atoms with E-state index in [2.05, 4.69) is 10.3 Å². The maximum Gasteiger partial charge on any atom is 0.131 e. The quantitative estimate of drug-likeness (QED) is 0.883. The molecule has 0 aliphatic heterocycles. The molecule has 0 radical (unpaired) electrons. The van der Waals surface area contributed by atoms with Gasteiger partial charge in [-0.05, 0) is 31.2 Å². The number of nitrogens with two attached hydrogens (primary N) is 1. The van der Waals surface area contributed by atoms with Crippen LogP contribution in [0.2, 0.25) is 0 Å². The third-order valence-electron chi connectivity index (χ3n) is 3.08. The fourth-order valence-electron chi connectivity index (χ4n) is 2.10. The molecule has 0 bridgehead atoms. The molecular formula is C15H17F2N3. The Balaban J connectivity index is 2.50. The summed E-state index contributed by atoms with van der Waals surface area (Å²) in [6.45, 7) is 2.60. The summed E-state index contributed by atoms with van der Waals surface area (Å²) in [5, 5.41) is 3.12. The summed E-state index contributed by atoms with van der Waals surface area (Å²) < 4.78 is 28.0. The normalized spacial score (nSPS) is 12.3. The summed E-state index contributed by atoms with van der Waals surface area (Å²) in [5.41, 5.74) is 6.91. The lowest BCUT2D eigenvalue weighted by Gasteiger charge is -2.21. The van der Waals surface area contributed by atoms with Gasteiger partial charge in [0.25, 0.3) is 0 Å². The van der Waals surface area contributed by atoms with Gasteiger partial charge < -0.3 is 11.1 Å². The van der Waals surface area contributed by atoms with Gasteiger partial charge in [-0.2, -0.15) is 0 Å². The molecule has 3 nitrogen and oxygen atoms in total. The van der Waals surface area contributed by atoms with Crippen molar-refractivity contribution < 1.29 is 8.78 Å². The number of benzene rings is 1. The molecule has 0 spiro atoms. The van der Waals surface area contributed by atoms with E-state index in [9.17, 15) is 8.78 Å². The molecule has 1 heterocycles. The van der Waals surface area contributed by atoms with Crippen molar-refractivity contribution in [1.82, 2.24) is 10.3 Å². The fourth-order valence-corrected chi connectivity index (χ4v) is 2.10. The zero-order valence-electron chi connectivity index (χ0n) is 11.2. The van der Waals surface area contributed by atoms with Crippen LogP contribution in [-0.4, -0.2) is 11.5 Å². The van der Waals surface area contributed by atoms with Crippen LogP contribution in [0.1, 0.15) is 30.5 Å². The van der Waals surface area contributed by atoms with E-state index < -0.39 is 17.7 Å². The van der Waals surface area contributed by atoms with Crippen molar-refractivity contribution in [3.63, 3.8) is 0 Å². The molecule has 1 atom stereocenters. The van der Waals surface area contributed by atoms with Crippen molar-refractivity contribution in [2.45, 2.75) is 19.4 Å². The Kier molecular flexibility index (Phi) is 4.63. The monoisotopic (exact) mass is 277 g/mol. The highest BCUT2D eigenvalue weighted by Crippen LogP contribution is 2.29. The molecule has 20 heavy (non-hydrogen) atoms. The van der Waals surface area contributed by atoms with Crippen molar-refractivity contribution in [2.24, 2.45) is 0 Å². The van der Waals surface area contributed by atoms with E-state index in [0.29, 0.717) is 17.8 Å². The molecule has 1 aromatic heterocycles. The van der Waals surface area contributed by atoms with E-state index in [1.807, 2.05) is 6.92 Å². The van der Waals surface area contributed by atoms with Crippen molar-refractivity contribution >= 4 is 5.69 Å². The molecule has 1 aromatic carbocycles. The zero-order chi connectivity index (χ0) is 14.5. The molecule has 0 saturated heterocycles. The molecule has 106 valence electrons. The van der Waals surface area contributed by atoms with Crippen molar-refractivity contribution in [1.29, 1.82) is 0 Å². The predicted octanol–water partition coefficient (Wildman–Crippen LogP) is 3.03. The first-order valence-corrected chi connectivity index (χ1v) is 6.51. The first-order valence-electron chi connectivity index (χ1n) is 6.51. The van der Waals surface area contributed by atoms with Gasteiger partial charge in [-0.1, -0.05) is 13.0 Å². The first kappa shape index (κ1) is 14.4. The lowest BCUT2D eigenvalue weighted by atomic mass is 9.97. The minimum Gasteiger partial charge on any atom is -0.398 e. The van der Waals surface area contributed by atoms with Gasteiger partial charge >= 0.3 is 0 Å². The Bertz CT molecular complexity index is 567. The predicted molar refractivity (Wildman–Crippen MR) is 75.1 cm³/mol. The topological polar surface area (TPSA) is 50.9 Å². The van der Waals surface area contributed by atoms with Crippen LogP contribution in [0.5, 0.6) is 0 Å². The van der Waals surface area contributed by atoms with Gasteiger partial charge in [0.1, 0.15) is 11.6 Å². The number of aromatic nitrogens is 1. The number of nitrogens with zero attached hydrogens (tertiary/aromatic N) is 1. The van der Waals surface area contributed by atoms with E-state index in [4.69, 9.17) is 5.73 Å². The number of rotatable bonds is 5. The maximum absolute atomic E-state index is 14.0. The van der Waals surface area contributed by atoms with E-state index in [1.165, 1.54) is 24.4 Å². The largest absolute Gasteiger partial charge is 0.398 e. The lowest BCUT2D eigenvalue weighted by molar-refractivity contribution is 0.503. The van der Waals surface area contributed by atoms with E-state index >= 15 is 0 Å². The number of anilines is 1. The van der Waals surface area contributed by atoms with Crippen LogP contribution in [0.3, 0.4) is 0 Å². The molecule has 3 N–H and O–H groups in total.